The molecule has 3 aromatic rings. The summed E-state index contributed by atoms with van der Waals surface area (Å²) in [7, 11) is 0. The number of benzene rings is 1. The second kappa shape index (κ2) is 6.84. The maximum absolute atomic E-state index is 11.6. The molecule has 0 unspecified atom stereocenters. The van der Waals surface area contributed by atoms with Crippen molar-refractivity contribution >= 4 is 39.2 Å². The zero-order chi connectivity index (χ0) is 16.2. The Morgan fingerprint density at radius 1 is 1.39 bits per heavy atom. The Bertz CT molecular complexity index is 904. The number of nitrogens with one attached hydrogen (secondary N) is 1. The van der Waals surface area contributed by atoms with E-state index < -0.39 is 5.63 Å². The van der Waals surface area contributed by atoms with Crippen molar-refractivity contribution < 1.29 is 9.52 Å². The van der Waals surface area contributed by atoms with Gasteiger partial charge in [0.1, 0.15) is 11.3 Å². The topological polar surface area (TPSA) is 88.3 Å². The summed E-state index contributed by atoms with van der Waals surface area (Å²) in [4.78, 5) is 11.6. The molecule has 6 nitrogen and oxygen atoms in total. The number of phenols is 1. The van der Waals surface area contributed by atoms with Gasteiger partial charge in [-0.2, -0.15) is 0 Å². The van der Waals surface area contributed by atoms with Gasteiger partial charge in [-0.15, -0.1) is 16.8 Å². The molecular weight excluding hydrogens is 334 g/mol. The second-order valence-corrected chi connectivity index (χ2v) is 6.80. The summed E-state index contributed by atoms with van der Waals surface area (Å²) in [5.74, 6) is 0.621. The molecule has 0 bridgehead atoms. The quantitative estimate of drug-likeness (QED) is 0.402. The lowest BCUT2D eigenvalue weighted by Gasteiger charge is -2.04. The Kier molecular flexibility index (Phi) is 4.63. The van der Waals surface area contributed by atoms with Crippen LogP contribution in [-0.2, 0) is 5.75 Å². The highest BCUT2D eigenvalue weighted by Crippen LogP contribution is 2.30. The van der Waals surface area contributed by atoms with Gasteiger partial charge in [-0.25, -0.2) is 4.79 Å². The van der Waals surface area contributed by atoms with Crippen LogP contribution in [0, 0.1) is 0 Å². The molecule has 0 spiro atoms. The maximum Gasteiger partial charge on any atom is 0.336 e. The van der Waals surface area contributed by atoms with Gasteiger partial charge in [0.05, 0.1) is 0 Å². The second-order valence-electron chi connectivity index (χ2n) is 4.60. The molecule has 1 aromatic carbocycles. The number of aromatic hydroxyl groups is 1. The highest BCUT2D eigenvalue weighted by Gasteiger charge is 2.09. The van der Waals surface area contributed by atoms with Gasteiger partial charge in [-0.05, 0) is 17.7 Å². The van der Waals surface area contributed by atoms with Gasteiger partial charge in [-0.1, -0.05) is 29.2 Å². The predicted molar refractivity (Wildman–Crippen MR) is 92.3 cm³/mol. The summed E-state index contributed by atoms with van der Waals surface area (Å²) >= 11 is 2.94. The summed E-state index contributed by atoms with van der Waals surface area (Å²) in [6.07, 6.45) is 1.75. The largest absolute Gasteiger partial charge is 0.508 e. The number of nitrogens with zero attached hydrogens (tertiary/aromatic N) is 2. The standard InChI is InChI=1S/C15H13N3O3S2/c1-2-5-16-14-17-18-15(23-14)22-8-9-6-13(20)21-12-7-10(19)3-4-11(9)12/h2-4,6-7,19H,1,5,8H2,(H,16,17). The molecule has 2 aromatic heterocycles. The van der Waals surface area contributed by atoms with Crippen LogP contribution in [0.1, 0.15) is 5.56 Å². The number of rotatable bonds is 6. The van der Waals surface area contributed by atoms with Crippen molar-refractivity contribution in [1.82, 2.24) is 10.2 Å². The van der Waals surface area contributed by atoms with E-state index in [4.69, 9.17) is 4.42 Å². The van der Waals surface area contributed by atoms with E-state index in [9.17, 15) is 9.90 Å². The SMILES string of the molecule is C=CCNc1nnc(SCc2cc(=O)oc3cc(O)ccc23)s1. The van der Waals surface area contributed by atoms with E-state index in [-0.39, 0.29) is 5.75 Å². The molecule has 3 rings (SSSR count). The van der Waals surface area contributed by atoms with Crippen molar-refractivity contribution in [2.75, 3.05) is 11.9 Å². The van der Waals surface area contributed by atoms with Gasteiger partial charge in [0, 0.05) is 29.8 Å². The lowest BCUT2D eigenvalue weighted by atomic mass is 10.1. The van der Waals surface area contributed by atoms with Crippen LogP contribution in [0.4, 0.5) is 5.13 Å². The molecule has 2 heterocycles. The number of hydrogen-bond acceptors (Lipinski definition) is 8. The first kappa shape index (κ1) is 15.6. The lowest BCUT2D eigenvalue weighted by molar-refractivity contribution is 0.473. The molecule has 0 aliphatic heterocycles. The maximum atomic E-state index is 11.6. The third-order valence-corrected chi connectivity index (χ3v) is 5.03. The molecule has 0 aliphatic carbocycles. The summed E-state index contributed by atoms with van der Waals surface area (Å²) in [5.41, 5.74) is 0.764. The van der Waals surface area contributed by atoms with Crippen LogP contribution >= 0.6 is 23.1 Å². The monoisotopic (exact) mass is 347 g/mol. The predicted octanol–water partition coefficient (Wildman–Crippen LogP) is 3.24. The van der Waals surface area contributed by atoms with Crippen molar-refractivity contribution in [2.24, 2.45) is 0 Å². The van der Waals surface area contributed by atoms with Gasteiger partial charge < -0.3 is 14.8 Å². The van der Waals surface area contributed by atoms with Crippen molar-refractivity contribution in [3.8, 4) is 5.75 Å². The van der Waals surface area contributed by atoms with E-state index in [0.717, 1.165) is 20.4 Å². The highest BCUT2D eigenvalue weighted by molar-refractivity contribution is 8.00. The van der Waals surface area contributed by atoms with Gasteiger partial charge in [-0.3, -0.25) is 0 Å². The molecule has 0 radical (unpaired) electrons. The highest BCUT2D eigenvalue weighted by atomic mass is 32.2. The zero-order valence-corrected chi connectivity index (χ0v) is 13.6. The zero-order valence-electron chi connectivity index (χ0n) is 12.0. The minimum absolute atomic E-state index is 0.0625. The Morgan fingerprint density at radius 3 is 3.09 bits per heavy atom. The number of fused-ring (bicyclic) bond motifs is 1. The fourth-order valence-corrected chi connectivity index (χ4v) is 3.73. The van der Waals surface area contributed by atoms with E-state index in [1.54, 1.807) is 18.2 Å². The molecule has 0 atom stereocenters. The van der Waals surface area contributed by atoms with Crippen LogP contribution in [0.25, 0.3) is 11.0 Å². The number of aromatic nitrogens is 2. The third kappa shape index (κ3) is 3.72. The lowest BCUT2D eigenvalue weighted by Crippen LogP contribution is -1.99. The van der Waals surface area contributed by atoms with Crippen molar-refractivity contribution in [3.05, 3.63) is 52.9 Å². The Morgan fingerprint density at radius 2 is 2.26 bits per heavy atom. The van der Waals surface area contributed by atoms with Crippen molar-refractivity contribution in [2.45, 2.75) is 10.1 Å². The van der Waals surface area contributed by atoms with E-state index >= 15 is 0 Å². The van der Waals surface area contributed by atoms with Gasteiger partial charge >= 0.3 is 5.63 Å². The molecule has 23 heavy (non-hydrogen) atoms. The molecule has 0 amide bonds. The van der Waals surface area contributed by atoms with Crippen LogP contribution in [-0.4, -0.2) is 21.8 Å². The van der Waals surface area contributed by atoms with Gasteiger partial charge in [0.2, 0.25) is 5.13 Å². The minimum atomic E-state index is -0.440. The normalized spacial score (nSPS) is 10.8. The average molecular weight is 347 g/mol. The minimum Gasteiger partial charge on any atom is -0.508 e. The Hall–Kier alpha value is -2.32. The van der Waals surface area contributed by atoms with Crippen molar-refractivity contribution in [1.29, 1.82) is 0 Å². The average Bonchev–Trinajstić information content (AvgIpc) is 2.98. The Labute approximate surface area is 139 Å². The van der Waals surface area contributed by atoms with Crippen LogP contribution in [0.15, 0.2) is 50.5 Å². The first-order chi connectivity index (χ1) is 11.2. The van der Waals surface area contributed by atoms with E-state index in [2.05, 4.69) is 22.1 Å². The molecule has 2 N–H and O–H groups in total. The van der Waals surface area contributed by atoms with E-state index in [1.165, 1.54) is 35.2 Å². The number of phenolic OH excluding ortho intramolecular Hbond substituents is 1. The summed E-state index contributed by atoms with van der Waals surface area (Å²) in [5, 5.41) is 22.2. The molecule has 0 fully saturated rings. The van der Waals surface area contributed by atoms with Crippen LogP contribution < -0.4 is 10.9 Å². The number of anilines is 1. The van der Waals surface area contributed by atoms with Gasteiger partial charge in [0.25, 0.3) is 0 Å². The first-order valence-electron chi connectivity index (χ1n) is 6.72. The summed E-state index contributed by atoms with van der Waals surface area (Å²) in [6.45, 7) is 4.27. The summed E-state index contributed by atoms with van der Waals surface area (Å²) < 4.78 is 5.92. The molecule has 0 aliphatic rings. The van der Waals surface area contributed by atoms with E-state index in [0.29, 0.717) is 17.9 Å². The molecule has 0 saturated heterocycles. The molecule has 0 saturated carbocycles. The molecule has 8 heteroatoms. The first-order valence-corrected chi connectivity index (χ1v) is 8.53. The van der Waals surface area contributed by atoms with Crippen LogP contribution in [0.3, 0.4) is 0 Å². The van der Waals surface area contributed by atoms with Crippen LogP contribution in [0.5, 0.6) is 5.75 Å². The Balaban J connectivity index is 1.80. The molecular formula is C15H13N3O3S2. The van der Waals surface area contributed by atoms with E-state index in [1.807, 2.05) is 0 Å². The third-order valence-electron chi connectivity index (χ3n) is 2.97. The smallest absolute Gasteiger partial charge is 0.336 e. The van der Waals surface area contributed by atoms with Gasteiger partial charge in [0.15, 0.2) is 4.34 Å². The summed E-state index contributed by atoms with van der Waals surface area (Å²) in [6, 6.07) is 6.21. The van der Waals surface area contributed by atoms with Crippen molar-refractivity contribution in [3.63, 3.8) is 0 Å². The fourth-order valence-electron chi connectivity index (χ4n) is 1.98. The number of hydrogen-bond donors (Lipinski definition) is 2. The number of thioether (sulfide) groups is 1. The fraction of sp³-hybridized carbons (Fsp3) is 0.133. The van der Waals surface area contributed by atoms with Crippen LogP contribution in [0.2, 0.25) is 0 Å². The molecule has 118 valence electrons.